The van der Waals surface area contributed by atoms with Crippen LogP contribution in [-0.4, -0.2) is 146 Å². The molecule has 0 aliphatic rings. The maximum Gasteiger partial charge on any atom is 0.306 e. The zero-order chi connectivity index (χ0) is 39.9. The van der Waals surface area contributed by atoms with E-state index in [9.17, 15) is 27.7 Å². The zero-order valence-corrected chi connectivity index (χ0v) is 33.2. The Balaban J connectivity index is -0.000000969. The van der Waals surface area contributed by atoms with Crippen LogP contribution in [0.3, 0.4) is 0 Å². The summed E-state index contributed by atoms with van der Waals surface area (Å²) in [5.41, 5.74) is 0. The monoisotopic (exact) mass is 778 g/mol. The molecule has 9 N–H and O–H groups in total. The quantitative estimate of drug-likeness (QED) is 0.0209. The van der Waals surface area contributed by atoms with Gasteiger partial charge in [-0.1, -0.05) is 84.5 Å². The number of aliphatic hydroxyl groups is 6. The Kier molecular flexibility index (Phi) is 43.0. The Morgan fingerprint density at radius 2 is 0.923 bits per heavy atom. The molecule has 0 aliphatic heterocycles. The van der Waals surface area contributed by atoms with Gasteiger partial charge in [0.05, 0.1) is 39.6 Å². The summed E-state index contributed by atoms with van der Waals surface area (Å²) in [6, 6.07) is 0. The van der Waals surface area contributed by atoms with E-state index < -0.39 is 33.4 Å². The van der Waals surface area contributed by atoms with Crippen LogP contribution in [0, 0.1) is 0 Å². The van der Waals surface area contributed by atoms with Crippen molar-refractivity contribution in [2.24, 2.45) is 0 Å². The number of quaternary nitrogens is 2. The molecular formula is C36H77N2O13S+. The molecule has 0 aromatic rings. The number of aliphatic carboxylic acids is 1. The van der Waals surface area contributed by atoms with Crippen LogP contribution in [0.2, 0.25) is 0 Å². The van der Waals surface area contributed by atoms with Crippen LogP contribution in [0.4, 0.5) is 0 Å². The van der Waals surface area contributed by atoms with Gasteiger partial charge in [0.2, 0.25) is 0 Å². The molecule has 2 unspecified atom stereocenters. The van der Waals surface area contributed by atoms with Crippen LogP contribution in [0.1, 0.15) is 129 Å². The van der Waals surface area contributed by atoms with E-state index in [0.29, 0.717) is 58.5 Å². The Labute approximate surface area is 314 Å². The first-order valence-corrected chi connectivity index (χ1v) is 21.1. The predicted molar refractivity (Wildman–Crippen MR) is 198 cm³/mol. The second kappa shape index (κ2) is 40.7. The summed E-state index contributed by atoms with van der Waals surface area (Å²) in [5.74, 6) is -1.46. The van der Waals surface area contributed by atoms with Crippen molar-refractivity contribution in [2.45, 2.75) is 141 Å². The summed E-state index contributed by atoms with van der Waals surface area (Å²) in [6.45, 7) is 8.08. The van der Waals surface area contributed by atoms with Gasteiger partial charge in [-0.05, 0) is 38.5 Å². The number of carboxylic acids is 1. The molecule has 0 radical (unpaired) electrons. The number of nitrogens with one attached hydrogen (secondary N) is 2. The van der Waals surface area contributed by atoms with Crippen LogP contribution >= 0.6 is 0 Å². The summed E-state index contributed by atoms with van der Waals surface area (Å²) in [6.07, 6.45) is 13.8. The highest BCUT2D eigenvalue weighted by Crippen LogP contribution is 2.21. The number of carbonyl (C=O) groups excluding carboxylic acids is 2. The fraction of sp³-hybridized carbons (Fsp3) is 0.944. The number of unbranched alkanes of at least 4 members (excludes halogenated alkanes) is 12. The zero-order valence-electron chi connectivity index (χ0n) is 32.4. The molecule has 16 heteroatoms. The molecule has 0 rings (SSSR count). The predicted octanol–water partition coefficient (Wildman–Crippen LogP) is -1.34. The van der Waals surface area contributed by atoms with Gasteiger partial charge in [-0.25, -0.2) is 0 Å². The molecule has 0 fully saturated rings. The molecule has 0 aromatic heterocycles. The minimum atomic E-state index is -4.31. The van der Waals surface area contributed by atoms with Gasteiger partial charge in [-0.3, -0.25) is 9.35 Å². The number of carbonyl (C=O) groups is 2. The maximum atomic E-state index is 12.3. The number of aliphatic hydroxyl groups excluding tert-OH is 6. The first-order valence-electron chi connectivity index (χ1n) is 19.6. The van der Waals surface area contributed by atoms with Gasteiger partial charge in [0.15, 0.2) is 0 Å². The molecular weight excluding hydrogens is 700 g/mol. The molecule has 0 amide bonds. The summed E-state index contributed by atoms with van der Waals surface area (Å²) < 4.78 is 38.6. The van der Waals surface area contributed by atoms with E-state index in [2.05, 4.69) is 6.92 Å². The molecule has 0 saturated carbocycles. The third kappa shape index (κ3) is 38.3. The third-order valence-electron chi connectivity index (χ3n) is 8.63. The molecule has 0 bridgehead atoms. The Bertz CT molecular complexity index is 838. The van der Waals surface area contributed by atoms with Crippen LogP contribution in [-0.2, 0) is 24.4 Å². The van der Waals surface area contributed by atoms with Crippen LogP contribution < -0.4 is 14.9 Å². The van der Waals surface area contributed by atoms with Crippen LogP contribution in [0.5, 0.6) is 0 Å². The number of carboxylic acid groups (broad SMARTS) is 1. The maximum absolute atomic E-state index is 12.3. The lowest BCUT2D eigenvalue weighted by molar-refractivity contribution is -0.901. The van der Waals surface area contributed by atoms with Gasteiger partial charge in [0.1, 0.15) is 50.6 Å². The van der Waals surface area contributed by atoms with Crippen molar-refractivity contribution >= 4 is 22.1 Å². The highest BCUT2D eigenvalue weighted by atomic mass is 32.2. The second-order valence-corrected chi connectivity index (χ2v) is 14.7. The molecule has 0 aliphatic carbocycles. The summed E-state index contributed by atoms with van der Waals surface area (Å²) in [4.78, 5) is 24.8. The van der Waals surface area contributed by atoms with Crippen molar-refractivity contribution in [3.05, 3.63) is 0 Å². The van der Waals surface area contributed by atoms with E-state index in [4.69, 9.17) is 35.4 Å². The minimum Gasteiger partial charge on any atom is -0.550 e. The minimum absolute atomic E-state index is 0.0414. The molecule has 0 heterocycles. The van der Waals surface area contributed by atoms with Crippen molar-refractivity contribution in [1.29, 1.82) is 0 Å². The first-order chi connectivity index (χ1) is 24.9. The van der Waals surface area contributed by atoms with Crippen molar-refractivity contribution in [3.8, 4) is 0 Å². The van der Waals surface area contributed by atoms with Crippen LogP contribution in [0.15, 0.2) is 0 Å². The number of hydrogen-bond acceptors (Lipinski definition) is 12. The summed E-state index contributed by atoms with van der Waals surface area (Å²) in [7, 11) is -4.31. The van der Waals surface area contributed by atoms with Crippen molar-refractivity contribution in [2.75, 3.05) is 78.9 Å². The van der Waals surface area contributed by atoms with E-state index in [1.165, 1.54) is 38.5 Å². The SMILES string of the molecule is CCCCCCCCCCCC(=O)OC(CCCCCCCC(=O)[O-])C(CC)S(=O)(=O)O.OCC[NH+](CCO)CCO.OCC[NH+](CCO)CCO. The van der Waals surface area contributed by atoms with E-state index in [1.54, 1.807) is 6.92 Å². The average Bonchev–Trinajstić information content (AvgIpc) is 3.08. The highest BCUT2D eigenvalue weighted by molar-refractivity contribution is 7.86. The molecule has 314 valence electrons. The Morgan fingerprint density at radius 1 is 0.577 bits per heavy atom. The second-order valence-electron chi connectivity index (χ2n) is 13.1. The first kappa shape index (κ1) is 54.9. The highest BCUT2D eigenvalue weighted by Gasteiger charge is 2.33. The lowest BCUT2D eigenvalue weighted by Crippen LogP contribution is -3.13. The van der Waals surface area contributed by atoms with Crippen molar-refractivity contribution in [3.63, 3.8) is 0 Å². The average molecular weight is 778 g/mol. The van der Waals surface area contributed by atoms with E-state index in [1.807, 2.05) is 0 Å². The van der Waals surface area contributed by atoms with Gasteiger partial charge in [0.25, 0.3) is 10.1 Å². The van der Waals surface area contributed by atoms with E-state index in [-0.39, 0.29) is 58.9 Å². The largest absolute Gasteiger partial charge is 0.550 e. The fourth-order valence-electron chi connectivity index (χ4n) is 5.64. The van der Waals surface area contributed by atoms with E-state index >= 15 is 0 Å². The van der Waals surface area contributed by atoms with E-state index in [0.717, 1.165) is 48.3 Å². The topological polar surface area (TPSA) is 251 Å². The van der Waals surface area contributed by atoms with Gasteiger partial charge < -0.3 is 55.1 Å². The third-order valence-corrected chi connectivity index (χ3v) is 10.0. The van der Waals surface area contributed by atoms with Crippen molar-refractivity contribution in [1.82, 2.24) is 0 Å². The molecule has 52 heavy (non-hydrogen) atoms. The van der Waals surface area contributed by atoms with Gasteiger partial charge in [-0.15, -0.1) is 0 Å². The molecule has 2 atom stereocenters. The summed E-state index contributed by atoms with van der Waals surface area (Å²) in [5, 5.41) is 60.3. The summed E-state index contributed by atoms with van der Waals surface area (Å²) >= 11 is 0. The number of hydrogen-bond donors (Lipinski definition) is 9. The smallest absolute Gasteiger partial charge is 0.306 e. The molecule has 0 spiro atoms. The van der Waals surface area contributed by atoms with Gasteiger partial charge in [-0.2, -0.15) is 8.42 Å². The molecule has 15 nitrogen and oxygen atoms in total. The number of rotatable bonds is 34. The molecule has 0 aromatic carbocycles. The lowest BCUT2D eigenvalue weighted by Gasteiger charge is -2.24. The lowest BCUT2D eigenvalue weighted by atomic mass is 10.0. The fourth-order valence-corrected chi connectivity index (χ4v) is 6.63. The Hall–Kier alpha value is -1.47. The number of ether oxygens (including phenoxy) is 1. The van der Waals surface area contributed by atoms with Gasteiger partial charge in [0, 0.05) is 12.4 Å². The standard InChI is InChI=1S/C24H46O7S.2C6H15NO3/c1-3-5-6-7-8-9-10-14-17-20-24(27)31-21(22(4-2)32(28,29)30)18-15-12-11-13-16-19-23(25)26;2*8-4-1-7(2-5-9)3-6-10/h21-22H,3-20H2,1-2H3,(H,25,26)(H,28,29,30);2*8-10H,1-6H2/p+1. The van der Waals surface area contributed by atoms with Gasteiger partial charge >= 0.3 is 5.97 Å². The normalized spacial score (nSPS) is 12.5. The van der Waals surface area contributed by atoms with Crippen LogP contribution in [0.25, 0.3) is 0 Å². The Morgan fingerprint density at radius 3 is 1.25 bits per heavy atom. The van der Waals surface area contributed by atoms with Crippen molar-refractivity contribution < 1.29 is 72.8 Å². The molecule has 0 saturated heterocycles. The number of esters is 1.